The van der Waals surface area contributed by atoms with Gasteiger partial charge in [-0.1, -0.05) is 23.7 Å². The van der Waals surface area contributed by atoms with E-state index in [-0.39, 0.29) is 16.8 Å². The number of ether oxygens (including phenoxy) is 2. The minimum Gasteiger partial charge on any atom is -0.493 e. The summed E-state index contributed by atoms with van der Waals surface area (Å²) in [6.07, 6.45) is 1.46. The molecule has 0 aromatic heterocycles. The molecule has 2 rings (SSSR count). The molecule has 0 aliphatic carbocycles. The summed E-state index contributed by atoms with van der Waals surface area (Å²) in [5.74, 6) is 0.913. The lowest BCUT2D eigenvalue weighted by Crippen LogP contribution is -2.03. The van der Waals surface area contributed by atoms with Gasteiger partial charge in [0.25, 0.3) is 0 Å². The van der Waals surface area contributed by atoms with E-state index in [2.05, 4.69) is 15.9 Å². The van der Waals surface area contributed by atoms with Crippen LogP contribution in [0.15, 0.2) is 57.7 Å². The van der Waals surface area contributed by atoms with Gasteiger partial charge in [0, 0.05) is 5.02 Å². The topological polar surface area (TPSA) is 116 Å². The van der Waals surface area contributed by atoms with E-state index in [1.165, 1.54) is 13.2 Å². The fraction of sp³-hybridized carbons (Fsp3) is 0.0952. The van der Waals surface area contributed by atoms with Gasteiger partial charge in [0.2, 0.25) is 0 Å². The lowest BCUT2D eigenvalue weighted by Gasteiger charge is -2.14. The zero-order valence-electron chi connectivity index (χ0n) is 15.2. The molecular weight excluding hydrogens is 456 g/mol. The second kappa shape index (κ2) is 10.2. The summed E-state index contributed by atoms with van der Waals surface area (Å²) in [7, 11) is 1.49. The van der Waals surface area contributed by atoms with Crippen molar-refractivity contribution < 1.29 is 9.47 Å². The Morgan fingerprint density at radius 2 is 1.79 bits per heavy atom. The lowest BCUT2D eigenvalue weighted by molar-refractivity contribution is 0.282. The Morgan fingerprint density at radius 1 is 1.14 bits per heavy atom. The van der Waals surface area contributed by atoms with E-state index in [0.29, 0.717) is 33.2 Å². The van der Waals surface area contributed by atoms with Crippen LogP contribution in [0.2, 0.25) is 5.02 Å². The summed E-state index contributed by atoms with van der Waals surface area (Å²) in [6, 6.07) is 15.9. The van der Waals surface area contributed by atoms with Crippen LogP contribution >= 0.6 is 27.5 Å². The molecule has 0 saturated carbocycles. The van der Waals surface area contributed by atoms with Crippen molar-refractivity contribution in [3.8, 4) is 29.7 Å². The number of nitriles is 3. The van der Waals surface area contributed by atoms with E-state index >= 15 is 0 Å². The summed E-state index contributed by atoms with van der Waals surface area (Å²) in [6.45, 7) is 0.300. The normalized spacial score (nSPS) is 10.3. The van der Waals surface area contributed by atoms with E-state index in [1.54, 1.807) is 36.4 Å². The molecule has 2 aromatic rings. The monoisotopic (exact) mass is 468 g/mol. The molecule has 0 unspecified atom stereocenters. The molecule has 8 heteroatoms. The minimum atomic E-state index is -0.327. The maximum absolute atomic E-state index is 9.35. The predicted octanol–water partition coefficient (Wildman–Crippen LogP) is 4.86. The molecule has 0 saturated heterocycles. The van der Waals surface area contributed by atoms with Crippen LogP contribution in [-0.2, 0) is 6.61 Å². The molecule has 0 radical (unpaired) electrons. The van der Waals surface area contributed by atoms with Gasteiger partial charge < -0.3 is 15.2 Å². The van der Waals surface area contributed by atoms with Gasteiger partial charge in [-0.05, 0) is 57.4 Å². The number of hydrogen-bond acceptors (Lipinski definition) is 6. The third-order valence-electron chi connectivity index (χ3n) is 3.76. The highest BCUT2D eigenvalue weighted by molar-refractivity contribution is 9.10. The molecule has 0 amide bonds. The van der Waals surface area contributed by atoms with Gasteiger partial charge in [-0.25, -0.2) is 0 Å². The molecule has 2 aromatic carbocycles. The average Bonchev–Trinajstić information content (AvgIpc) is 2.72. The SMILES string of the molecule is COc1cc(/C=C(\C#N)C(N)=C(C#N)C#N)cc(Br)c1OCc1ccc(Cl)cc1. The molecule has 2 N–H and O–H groups in total. The van der Waals surface area contributed by atoms with Gasteiger partial charge in [-0.2, -0.15) is 15.8 Å². The number of rotatable bonds is 6. The van der Waals surface area contributed by atoms with Gasteiger partial charge in [0.15, 0.2) is 17.1 Å². The number of nitrogens with zero attached hydrogens (tertiary/aromatic N) is 3. The van der Waals surface area contributed by atoms with Crippen molar-refractivity contribution in [1.29, 1.82) is 15.8 Å². The summed E-state index contributed by atoms with van der Waals surface area (Å²) < 4.78 is 11.9. The van der Waals surface area contributed by atoms with Crippen molar-refractivity contribution >= 4 is 33.6 Å². The van der Waals surface area contributed by atoms with Crippen LogP contribution in [0.5, 0.6) is 11.5 Å². The smallest absolute Gasteiger partial charge is 0.175 e. The Kier molecular flexibility index (Phi) is 7.69. The van der Waals surface area contributed by atoms with Gasteiger partial charge in [-0.3, -0.25) is 0 Å². The first-order valence-electron chi connectivity index (χ1n) is 8.10. The highest BCUT2D eigenvalue weighted by atomic mass is 79.9. The highest BCUT2D eigenvalue weighted by Gasteiger charge is 2.13. The van der Waals surface area contributed by atoms with Crippen LogP contribution in [0.1, 0.15) is 11.1 Å². The average molecular weight is 470 g/mol. The molecule has 0 spiro atoms. The van der Waals surface area contributed by atoms with Crippen molar-refractivity contribution in [1.82, 2.24) is 0 Å². The molecule has 0 aliphatic rings. The Bertz CT molecular complexity index is 1090. The number of nitrogens with two attached hydrogens (primary N) is 1. The van der Waals surface area contributed by atoms with Crippen molar-refractivity contribution in [2.75, 3.05) is 7.11 Å². The Labute approximate surface area is 181 Å². The summed E-state index contributed by atoms with van der Waals surface area (Å²) in [5, 5.41) is 27.9. The summed E-state index contributed by atoms with van der Waals surface area (Å²) >= 11 is 9.33. The molecule has 29 heavy (non-hydrogen) atoms. The third-order valence-corrected chi connectivity index (χ3v) is 4.60. The second-order valence-corrected chi connectivity index (χ2v) is 6.92. The number of hydrogen-bond donors (Lipinski definition) is 1. The van der Waals surface area contributed by atoms with E-state index in [9.17, 15) is 5.26 Å². The van der Waals surface area contributed by atoms with Crippen LogP contribution in [0.25, 0.3) is 6.08 Å². The molecule has 0 bridgehead atoms. The molecule has 0 aliphatic heterocycles. The van der Waals surface area contributed by atoms with Gasteiger partial charge in [0.05, 0.1) is 22.9 Å². The first kappa shape index (κ1) is 21.9. The number of allylic oxidation sites excluding steroid dienone is 2. The molecular formula is C21H14BrClN4O2. The Morgan fingerprint density at radius 3 is 2.34 bits per heavy atom. The van der Waals surface area contributed by atoms with Crippen molar-refractivity contribution in [3.63, 3.8) is 0 Å². The number of halogens is 2. The van der Waals surface area contributed by atoms with Crippen LogP contribution in [0.3, 0.4) is 0 Å². The van der Waals surface area contributed by atoms with Crippen LogP contribution in [0.4, 0.5) is 0 Å². The van der Waals surface area contributed by atoms with E-state index in [0.717, 1.165) is 5.56 Å². The van der Waals surface area contributed by atoms with E-state index < -0.39 is 0 Å². The standard InChI is InChI=1S/C21H14BrClN4O2/c1-28-19-8-14(6-15(9-24)20(27)16(10-25)11-26)7-18(22)21(19)29-12-13-2-4-17(23)5-3-13/h2-8H,12,27H2,1H3/b15-6+. The molecule has 0 fully saturated rings. The molecule has 0 atom stereocenters. The zero-order valence-corrected chi connectivity index (χ0v) is 17.6. The molecule has 0 heterocycles. The third kappa shape index (κ3) is 5.53. The van der Waals surface area contributed by atoms with Crippen molar-refractivity contribution in [3.05, 3.63) is 73.9 Å². The number of benzene rings is 2. The maximum atomic E-state index is 9.35. The fourth-order valence-corrected chi connectivity index (χ4v) is 3.02. The Balaban J connectivity index is 2.38. The quantitative estimate of drug-likeness (QED) is 0.477. The highest BCUT2D eigenvalue weighted by Crippen LogP contribution is 2.38. The largest absolute Gasteiger partial charge is 0.493 e. The van der Waals surface area contributed by atoms with E-state index in [4.69, 9.17) is 37.3 Å². The van der Waals surface area contributed by atoms with Gasteiger partial charge >= 0.3 is 0 Å². The predicted molar refractivity (Wildman–Crippen MR) is 113 cm³/mol. The first-order chi connectivity index (χ1) is 13.9. The zero-order chi connectivity index (χ0) is 21.4. The fourth-order valence-electron chi connectivity index (χ4n) is 2.32. The minimum absolute atomic E-state index is 0.00751. The van der Waals surface area contributed by atoms with Crippen LogP contribution < -0.4 is 15.2 Å². The summed E-state index contributed by atoms with van der Waals surface area (Å²) in [4.78, 5) is 0. The maximum Gasteiger partial charge on any atom is 0.175 e. The first-order valence-corrected chi connectivity index (χ1v) is 9.27. The van der Waals surface area contributed by atoms with Gasteiger partial charge in [0.1, 0.15) is 24.8 Å². The number of methoxy groups -OCH3 is 1. The lowest BCUT2D eigenvalue weighted by atomic mass is 10.1. The summed E-state index contributed by atoms with van der Waals surface area (Å²) in [5.41, 5.74) is 6.75. The van der Waals surface area contributed by atoms with Gasteiger partial charge in [-0.15, -0.1) is 0 Å². The van der Waals surface area contributed by atoms with Crippen LogP contribution in [0, 0.1) is 34.0 Å². The molecule has 6 nitrogen and oxygen atoms in total. The van der Waals surface area contributed by atoms with Crippen molar-refractivity contribution in [2.24, 2.45) is 5.73 Å². The second-order valence-electron chi connectivity index (χ2n) is 5.63. The van der Waals surface area contributed by atoms with Crippen LogP contribution in [-0.4, -0.2) is 7.11 Å². The van der Waals surface area contributed by atoms with Crippen molar-refractivity contribution in [2.45, 2.75) is 6.61 Å². The molecule has 144 valence electrons. The van der Waals surface area contributed by atoms with E-state index in [1.807, 2.05) is 18.2 Å². The Hall–Kier alpha value is -3.44.